The van der Waals surface area contributed by atoms with Crippen molar-refractivity contribution in [1.29, 1.82) is 0 Å². The Morgan fingerprint density at radius 3 is 2.67 bits per heavy atom. The Kier molecular flexibility index (Phi) is 4.15. The predicted octanol–water partition coefficient (Wildman–Crippen LogP) is 2.79. The Balaban J connectivity index is 1.62. The standard InChI is InChI=1S/C17H23NO3/c19-14-5-6-15(16(20)9-14)17(21)11-18-8-7-12-3-1-2-4-13(12)10-18/h5-6,9,12-13,19-20H,1-4,7-8,10-11H2. The minimum atomic E-state index is -0.132. The third kappa shape index (κ3) is 3.21. The molecule has 1 aliphatic heterocycles. The molecule has 1 aromatic carbocycles. The third-order valence-electron chi connectivity index (χ3n) is 5.02. The summed E-state index contributed by atoms with van der Waals surface area (Å²) in [6.07, 6.45) is 6.52. The second-order valence-corrected chi connectivity index (χ2v) is 6.45. The van der Waals surface area contributed by atoms with Gasteiger partial charge >= 0.3 is 0 Å². The van der Waals surface area contributed by atoms with Gasteiger partial charge < -0.3 is 10.2 Å². The molecular formula is C17H23NO3. The zero-order valence-corrected chi connectivity index (χ0v) is 12.3. The van der Waals surface area contributed by atoms with Crippen molar-refractivity contribution in [3.63, 3.8) is 0 Å². The molecule has 2 N–H and O–H groups in total. The number of benzene rings is 1. The van der Waals surface area contributed by atoms with E-state index < -0.39 is 0 Å². The summed E-state index contributed by atoms with van der Waals surface area (Å²) in [4.78, 5) is 14.5. The fraction of sp³-hybridized carbons (Fsp3) is 0.588. The lowest BCUT2D eigenvalue weighted by molar-refractivity contribution is 0.0711. The van der Waals surface area contributed by atoms with Crippen molar-refractivity contribution in [2.24, 2.45) is 11.8 Å². The Labute approximate surface area is 125 Å². The van der Waals surface area contributed by atoms with Gasteiger partial charge in [-0.15, -0.1) is 0 Å². The number of phenols is 2. The molecule has 3 rings (SSSR count). The topological polar surface area (TPSA) is 60.8 Å². The van der Waals surface area contributed by atoms with Crippen molar-refractivity contribution in [3.8, 4) is 11.5 Å². The van der Waals surface area contributed by atoms with Crippen LogP contribution in [0.3, 0.4) is 0 Å². The molecule has 1 aromatic rings. The number of carbonyl (C=O) groups excluding carboxylic acids is 1. The van der Waals surface area contributed by atoms with Crippen LogP contribution in [0.1, 0.15) is 42.5 Å². The lowest BCUT2D eigenvalue weighted by Crippen LogP contribution is -2.43. The molecule has 4 nitrogen and oxygen atoms in total. The molecule has 0 spiro atoms. The third-order valence-corrected chi connectivity index (χ3v) is 5.02. The van der Waals surface area contributed by atoms with Gasteiger partial charge in [-0.05, 0) is 43.4 Å². The number of fused-ring (bicyclic) bond motifs is 1. The van der Waals surface area contributed by atoms with Gasteiger partial charge in [0, 0.05) is 12.6 Å². The van der Waals surface area contributed by atoms with Crippen LogP contribution in [0.25, 0.3) is 0 Å². The Bertz CT molecular complexity index is 529. The molecule has 0 radical (unpaired) electrons. The number of likely N-dealkylation sites (tertiary alicyclic amines) is 1. The SMILES string of the molecule is O=C(CN1CCC2CCCCC2C1)c1ccc(O)cc1O. The van der Waals surface area contributed by atoms with Crippen molar-refractivity contribution in [2.45, 2.75) is 32.1 Å². The normalized spacial score (nSPS) is 26.3. The van der Waals surface area contributed by atoms with Gasteiger partial charge in [-0.25, -0.2) is 0 Å². The van der Waals surface area contributed by atoms with E-state index >= 15 is 0 Å². The first kappa shape index (κ1) is 14.4. The number of phenolic OH excluding ortho intramolecular Hbond substituents is 2. The zero-order valence-electron chi connectivity index (χ0n) is 12.3. The highest BCUT2D eigenvalue weighted by atomic mass is 16.3. The maximum absolute atomic E-state index is 12.3. The van der Waals surface area contributed by atoms with Crippen LogP contribution < -0.4 is 0 Å². The summed E-state index contributed by atoms with van der Waals surface area (Å²) < 4.78 is 0. The Morgan fingerprint density at radius 1 is 1.14 bits per heavy atom. The largest absolute Gasteiger partial charge is 0.508 e. The molecule has 0 aromatic heterocycles. The number of nitrogens with zero attached hydrogens (tertiary/aromatic N) is 1. The summed E-state index contributed by atoms with van der Waals surface area (Å²) in [6, 6.07) is 4.17. The minimum Gasteiger partial charge on any atom is -0.508 e. The molecule has 2 aliphatic rings. The van der Waals surface area contributed by atoms with Crippen LogP contribution in [0.2, 0.25) is 0 Å². The van der Waals surface area contributed by atoms with Crippen molar-refractivity contribution < 1.29 is 15.0 Å². The molecule has 2 atom stereocenters. The van der Waals surface area contributed by atoms with Gasteiger partial charge in [0.1, 0.15) is 11.5 Å². The van der Waals surface area contributed by atoms with E-state index in [1.807, 2.05) is 0 Å². The molecule has 0 bridgehead atoms. The van der Waals surface area contributed by atoms with Crippen molar-refractivity contribution in [1.82, 2.24) is 4.90 Å². The summed E-state index contributed by atoms with van der Waals surface area (Å²) in [7, 11) is 0. The first-order chi connectivity index (χ1) is 10.1. The summed E-state index contributed by atoms with van der Waals surface area (Å²) in [5, 5.41) is 19.1. The molecule has 1 saturated carbocycles. The number of ketones is 1. The second kappa shape index (κ2) is 6.06. The fourth-order valence-corrected chi connectivity index (χ4v) is 3.86. The highest BCUT2D eigenvalue weighted by Crippen LogP contribution is 2.36. The van der Waals surface area contributed by atoms with E-state index in [0.717, 1.165) is 24.9 Å². The van der Waals surface area contributed by atoms with Crippen LogP contribution in [-0.4, -0.2) is 40.5 Å². The van der Waals surface area contributed by atoms with Crippen LogP contribution in [0, 0.1) is 11.8 Å². The first-order valence-corrected chi connectivity index (χ1v) is 7.91. The molecule has 114 valence electrons. The molecule has 0 amide bonds. The molecule has 4 heteroatoms. The average Bonchev–Trinajstić information content (AvgIpc) is 2.47. The number of hydrogen-bond donors (Lipinski definition) is 2. The molecule has 2 fully saturated rings. The van der Waals surface area contributed by atoms with Crippen molar-refractivity contribution in [3.05, 3.63) is 23.8 Å². The summed E-state index contributed by atoms with van der Waals surface area (Å²) in [6.45, 7) is 2.35. The van der Waals surface area contributed by atoms with Crippen LogP contribution in [0.15, 0.2) is 18.2 Å². The van der Waals surface area contributed by atoms with E-state index in [2.05, 4.69) is 4.90 Å². The minimum absolute atomic E-state index is 0.0212. The number of rotatable bonds is 3. The number of hydrogen-bond acceptors (Lipinski definition) is 4. The molecule has 1 aliphatic carbocycles. The molecule has 2 unspecified atom stereocenters. The van der Waals surface area contributed by atoms with E-state index in [-0.39, 0.29) is 17.3 Å². The Hall–Kier alpha value is -1.55. The highest BCUT2D eigenvalue weighted by Gasteiger charge is 2.31. The van der Waals surface area contributed by atoms with Crippen LogP contribution in [-0.2, 0) is 0 Å². The number of carbonyl (C=O) groups is 1. The zero-order chi connectivity index (χ0) is 14.8. The molecule has 21 heavy (non-hydrogen) atoms. The van der Waals surface area contributed by atoms with Gasteiger partial charge in [0.2, 0.25) is 0 Å². The van der Waals surface area contributed by atoms with Crippen LogP contribution in [0.4, 0.5) is 0 Å². The summed E-state index contributed by atoms with van der Waals surface area (Å²) >= 11 is 0. The van der Waals surface area contributed by atoms with Gasteiger partial charge in [-0.1, -0.05) is 19.3 Å². The number of aromatic hydroxyl groups is 2. The quantitative estimate of drug-likeness (QED) is 0.840. The predicted molar refractivity (Wildman–Crippen MR) is 80.6 cm³/mol. The first-order valence-electron chi connectivity index (χ1n) is 7.91. The van der Waals surface area contributed by atoms with Crippen LogP contribution in [0.5, 0.6) is 11.5 Å². The van der Waals surface area contributed by atoms with Gasteiger partial charge in [0.15, 0.2) is 5.78 Å². The summed E-state index contributed by atoms with van der Waals surface area (Å²) in [5.74, 6) is 1.38. The maximum atomic E-state index is 12.3. The monoisotopic (exact) mass is 289 g/mol. The fourth-order valence-electron chi connectivity index (χ4n) is 3.86. The number of piperidine rings is 1. The smallest absolute Gasteiger partial charge is 0.180 e. The van der Waals surface area contributed by atoms with Gasteiger partial charge in [0.25, 0.3) is 0 Å². The molecule has 1 heterocycles. The van der Waals surface area contributed by atoms with Crippen molar-refractivity contribution >= 4 is 5.78 Å². The molecule has 1 saturated heterocycles. The van der Waals surface area contributed by atoms with E-state index in [1.165, 1.54) is 50.3 Å². The van der Waals surface area contributed by atoms with Crippen molar-refractivity contribution in [2.75, 3.05) is 19.6 Å². The Morgan fingerprint density at radius 2 is 1.90 bits per heavy atom. The van der Waals surface area contributed by atoms with E-state index in [4.69, 9.17) is 0 Å². The molecular weight excluding hydrogens is 266 g/mol. The second-order valence-electron chi connectivity index (χ2n) is 6.45. The summed E-state index contributed by atoms with van der Waals surface area (Å²) in [5.41, 5.74) is 0.304. The van der Waals surface area contributed by atoms with Crippen LogP contribution >= 0.6 is 0 Å². The lowest BCUT2D eigenvalue weighted by Gasteiger charge is -2.41. The highest BCUT2D eigenvalue weighted by molar-refractivity contribution is 6.00. The van der Waals surface area contributed by atoms with E-state index in [1.54, 1.807) is 0 Å². The van der Waals surface area contributed by atoms with E-state index in [0.29, 0.717) is 12.1 Å². The van der Waals surface area contributed by atoms with Gasteiger partial charge in [-0.2, -0.15) is 0 Å². The van der Waals surface area contributed by atoms with Gasteiger partial charge in [-0.3, -0.25) is 9.69 Å². The maximum Gasteiger partial charge on any atom is 0.180 e. The lowest BCUT2D eigenvalue weighted by atomic mass is 9.75. The van der Waals surface area contributed by atoms with E-state index in [9.17, 15) is 15.0 Å². The average molecular weight is 289 g/mol. The number of Topliss-reactive ketones (excluding diaryl/α,β-unsaturated/α-hetero) is 1. The van der Waals surface area contributed by atoms with Gasteiger partial charge in [0.05, 0.1) is 12.1 Å².